The SMILES string of the molecule is CCCN(CC(=O)Nc1ccc(F)c(F)c1F)C(=O)CCc1nc2ccccc2n1-c1ccccc1. The van der Waals surface area contributed by atoms with Gasteiger partial charge in [-0.3, -0.25) is 14.2 Å². The minimum Gasteiger partial charge on any atom is -0.333 e. The Kier molecular flexibility index (Phi) is 7.68. The fourth-order valence-corrected chi connectivity index (χ4v) is 4.03. The van der Waals surface area contributed by atoms with Gasteiger partial charge >= 0.3 is 0 Å². The van der Waals surface area contributed by atoms with E-state index < -0.39 is 29.0 Å². The van der Waals surface area contributed by atoms with Gasteiger partial charge in [0.2, 0.25) is 11.8 Å². The molecule has 1 N–H and O–H groups in total. The number of anilines is 1. The average molecular weight is 495 g/mol. The second-order valence-corrected chi connectivity index (χ2v) is 8.27. The first-order chi connectivity index (χ1) is 17.4. The van der Waals surface area contributed by atoms with Crippen LogP contribution in [0.2, 0.25) is 0 Å². The van der Waals surface area contributed by atoms with Crippen LogP contribution in [0.4, 0.5) is 18.9 Å². The number of halogens is 3. The van der Waals surface area contributed by atoms with Gasteiger partial charge < -0.3 is 10.2 Å². The molecule has 6 nitrogen and oxygen atoms in total. The predicted molar refractivity (Wildman–Crippen MR) is 131 cm³/mol. The van der Waals surface area contributed by atoms with Crippen molar-refractivity contribution in [2.45, 2.75) is 26.2 Å². The lowest BCUT2D eigenvalue weighted by atomic mass is 10.2. The summed E-state index contributed by atoms with van der Waals surface area (Å²) >= 11 is 0. The van der Waals surface area contributed by atoms with Gasteiger partial charge in [-0.1, -0.05) is 37.3 Å². The maximum atomic E-state index is 13.9. The van der Waals surface area contributed by atoms with E-state index in [1.165, 1.54) is 4.90 Å². The number of benzene rings is 3. The lowest BCUT2D eigenvalue weighted by Gasteiger charge is -2.22. The lowest BCUT2D eigenvalue weighted by Crippen LogP contribution is -2.38. The molecule has 0 aliphatic carbocycles. The van der Waals surface area contributed by atoms with Crippen LogP contribution in [-0.2, 0) is 16.0 Å². The molecule has 2 amide bonds. The van der Waals surface area contributed by atoms with Crippen molar-refractivity contribution in [3.05, 3.63) is 90.0 Å². The molecule has 186 valence electrons. The fraction of sp³-hybridized carbons (Fsp3) is 0.222. The van der Waals surface area contributed by atoms with Gasteiger partial charge in [-0.05, 0) is 42.8 Å². The number of hydrogen-bond donors (Lipinski definition) is 1. The van der Waals surface area contributed by atoms with E-state index in [2.05, 4.69) is 5.32 Å². The Balaban J connectivity index is 1.48. The molecule has 0 unspecified atom stereocenters. The smallest absolute Gasteiger partial charge is 0.244 e. The number of carbonyl (C=O) groups excluding carboxylic acids is 2. The molecule has 9 heteroatoms. The van der Waals surface area contributed by atoms with Crippen LogP contribution in [0.5, 0.6) is 0 Å². The van der Waals surface area contributed by atoms with Gasteiger partial charge in [0, 0.05) is 25.1 Å². The maximum Gasteiger partial charge on any atom is 0.244 e. The second-order valence-electron chi connectivity index (χ2n) is 8.27. The molecule has 0 saturated carbocycles. The largest absolute Gasteiger partial charge is 0.333 e. The Morgan fingerprint density at radius 1 is 0.944 bits per heavy atom. The number of aryl methyl sites for hydroxylation is 1. The van der Waals surface area contributed by atoms with E-state index in [1.807, 2.05) is 66.1 Å². The van der Waals surface area contributed by atoms with Crippen LogP contribution in [0.25, 0.3) is 16.7 Å². The molecular formula is C27H25F3N4O2. The van der Waals surface area contributed by atoms with E-state index in [9.17, 15) is 22.8 Å². The molecule has 36 heavy (non-hydrogen) atoms. The summed E-state index contributed by atoms with van der Waals surface area (Å²) in [6.07, 6.45) is 1.03. The van der Waals surface area contributed by atoms with Crippen LogP contribution in [0.1, 0.15) is 25.6 Å². The quantitative estimate of drug-likeness (QED) is 0.323. The standard InChI is InChI=1S/C27H25F3N4O2/c1-2-16-33(17-24(35)32-21-13-12-19(28)26(29)27(21)30)25(36)15-14-23-31-20-10-6-7-11-22(20)34(23)18-8-4-3-5-9-18/h3-13H,2,14-17H2,1H3,(H,32,35). The summed E-state index contributed by atoms with van der Waals surface area (Å²) in [7, 11) is 0. The first-order valence-corrected chi connectivity index (χ1v) is 11.6. The highest BCUT2D eigenvalue weighted by Gasteiger charge is 2.21. The van der Waals surface area contributed by atoms with Crippen molar-refractivity contribution >= 4 is 28.5 Å². The minimum absolute atomic E-state index is 0.100. The third kappa shape index (κ3) is 5.40. The van der Waals surface area contributed by atoms with Crippen LogP contribution in [0.3, 0.4) is 0 Å². The monoisotopic (exact) mass is 494 g/mol. The van der Waals surface area contributed by atoms with Gasteiger partial charge in [0.1, 0.15) is 5.82 Å². The molecule has 0 bridgehead atoms. The Bertz CT molecular complexity index is 1390. The fourth-order valence-electron chi connectivity index (χ4n) is 4.03. The number of para-hydroxylation sites is 3. The molecule has 0 radical (unpaired) electrons. The molecule has 1 heterocycles. The summed E-state index contributed by atoms with van der Waals surface area (Å²) in [6, 6.07) is 19.1. The van der Waals surface area contributed by atoms with Gasteiger partial charge in [0.15, 0.2) is 17.5 Å². The average Bonchev–Trinajstić information content (AvgIpc) is 3.26. The Morgan fingerprint density at radius 2 is 1.67 bits per heavy atom. The molecule has 0 saturated heterocycles. The third-order valence-corrected chi connectivity index (χ3v) is 5.70. The molecule has 0 aliphatic heterocycles. The van der Waals surface area contributed by atoms with Gasteiger partial charge in [-0.25, -0.2) is 18.2 Å². The topological polar surface area (TPSA) is 67.2 Å². The van der Waals surface area contributed by atoms with Crippen molar-refractivity contribution in [3.63, 3.8) is 0 Å². The Morgan fingerprint density at radius 3 is 2.42 bits per heavy atom. The Hall–Kier alpha value is -4.14. The van der Waals surface area contributed by atoms with E-state index >= 15 is 0 Å². The van der Waals surface area contributed by atoms with Crippen LogP contribution in [0, 0.1) is 17.5 Å². The van der Waals surface area contributed by atoms with Crippen LogP contribution in [-0.4, -0.2) is 39.4 Å². The zero-order valence-electron chi connectivity index (χ0n) is 19.7. The second kappa shape index (κ2) is 11.1. The van der Waals surface area contributed by atoms with Crippen LogP contribution >= 0.6 is 0 Å². The number of fused-ring (bicyclic) bond motifs is 1. The molecule has 0 aliphatic rings. The zero-order valence-corrected chi connectivity index (χ0v) is 19.7. The lowest BCUT2D eigenvalue weighted by molar-refractivity contribution is -0.134. The predicted octanol–water partition coefficient (Wildman–Crippen LogP) is 5.25. The van der Waals surface area contributed by atoms with Crippen molar-refractivity contribution < 1.29 is 22.8 Å². The number of hydrogen-bond acceptors (Lipinski definition) is 3. The highest BCUT2D eigenvalue weighted by molar-refractivity contribution is 5.94. The van der Waals surface area contributed by atoms with E-state index in [4.69, 9.17) is 4.98 Å². The number of imidazole rings is 1. The van der Waals surface area contributed by atoms with E-state index in [-0.39, 0.29) is 18.9 Å². The molecule has 0 atom stereocenters. The third-order valence-electron chi connectivity index (χ3n) is 5.70. The van der Waals surface area contributed by atoms with Crippen molar-refractivity contribution in [3.8, 4) is 5.69 Å². The van der Waals surface area contributed by atoms with Crippen molar-refractivity contribution in [1.29, 1.82) is 0 Å². The minimum atomic E-state index is -1.67. The maximum absolute atomic E-state index is 13.9. The molecule has 3 aromatic carbocycles. The summed E-state index contributed by atoms with van der Waals surface area (Å²) in [4.78, 5) is 31.6. The molecule has 4 aromatic rings. The summed E-state index contributed by atoms with van der Waals surface area (Å²) < 4.78 is 42.6. The summed E-state index contributed by atoms with van der Waals surface area (Å²) in [5.74, 6) is -4.79. The van der Waals surface area contributed by atoms with E-state index in [0.29, 0.717) is 25.2 Å². The highest BCUT2D eigenvalue weighted by Crippen LogP contribution is 2.23. The van der Waals surface area contributed by atoms with Gasteiger partial charge in [-0.2, -0.15) is 0 Å². The van der Waals surface area contributed by atoms with Crippen LogP contribution in [0.15, 0.2) is 66.7 Å². The van der Waals surface area contributed by atoms with Crippen molar-refractivity contribution in [2.24, 2.45) is 0 Å². The number of nitrogens with one attached hydrogen (secondary N) is 1. The van der Waals surface area contributed by atoms with Crippen molar-refractivity contribution in [1.82, 2.24) is 14.5 Å². The normalized spacial score (nSPS) is 11.0. The zero-order chi connectivity index (χ0) is 25.7. The number of carbonyl (C=O) groups is 2. The number of aromatic nitrogens is 2. The highest BCUT2D eigenvalue weighted by atomic mass is 19.2. The molecule has 1 aromatic heterocycles. The number of nitrogens with zero attached hydrogens (tertiary/aromatic N) is 3. The van der Waals surface area contributed by atoms with Gasteiger partial charge in [-0.15, -0.1) is 0 Å². The Labute approximate surface area is 206 Å². The van der Waals surface area contributed by atoms with Crippen molar-refractivity contribution in [2.75, 3.05) is 18.4 Å². The van der Waals surface area contributed by atoms with E-state index in [0.717, 1.165) is 28.9 Å². The number of rotatable bonds is 9. The van der Waals surface area contributed by atoms with Gasteiger partial charge in [0.05, 0.1) is 23.3 Å². The molecule has 4 rings (SSSR count). The summed E-state index contributed by atoms with van der Waals surface area (Å²) in [6.45, 7) is 1.82. The summed E-state index contributed by atoms with van der Waals surface area (Å²) in [5, 5.41) is 2.21. The van der Waals surface area contributed by atoms with E-state index in [1.54, 1.807) is 0 Å². The molecule has 0 fully saturated rings. The van der Waals surface area contributed by atoms with Gasteiger partial charge in [0.25, 0.3) is 0 Å². The first kappa shape index (κ1) is 25.0. The first-order valence-electron chi connectivity index (χ1n) is 11.6. The molecule has 0 spiro atoms. The van der Waals surface area contributed by atoms with Crippen LogP contribution < -0.4 is 5.32 Å². The molecular weight excluding hydrogens is 469 g/mol. The summed E-state index contributed by atoms with van der Waals surface area (Å²) in [5.41, 5.74) is 2.16. The number of amides is 2.